The van der Waals surface area contributed by atoms with Gasteiger partial charge in [-0.2, -0.15) is 13.2 Å². The van der Waals surface area contributed by atoms with Gasteiger partial charge >= 0.3 is 12.1 Å². The largest absolute Gasteiger partial charge is 0.493 e. The van der Waals surface area contributed by atoms with Gasteiger partial charge in [-0.05, 0) is 55.4 Å². The molecular formula is C30H37F3N2O4. The molecule has 0 aromatic heterocycles. The molecular weight excluding hydrogens is 509 g/mol. The Morgan fingerprint density at radius 3 is 2.26 bits per heavy atom. The fourth-order valence-electron chi connectivity index (χ4n) is 5.49. The predicted octanol–water partition coefficient (Wildman–Crippen LogP) is 5.84. The molecule has 2 saturated heterocycles. The lowest BCUT2D eigenvalue weighted by Crippen LogP contribution is -2.51. The van der Waals surface area contributed by atoms with Gasteiger partial charge in [0.15, 0.2) is 6.23 Å². The fraction of sp³-hybridized carbons (Fsp3) is 0.533. The number of alkyl halides is 3. The van der Waals surface area contributed by atoms with Gasteiger partial charge in [-0.3, -0.25) is 9.69 Å². The number of ether oxygens (including phenoxy) is 2. The third-order valence-corrected chi connectivity index (χ3v) is 7.78. The number of halogens is 3. The lowest BCUT2D eigenvalue weighted by Gasteiger charge is -2.43. The Bertz CT molecular complexity index is 1140. The minimum atomic E-state index is -5.09. The Kier molecular flexibility index (Phi) is 8.89. The molecule has 0 radical (unpaired) electrons. The lowest BCUT2D eigenvalue weighted by molar-refractivity contribution is -0.220. The molecule has 9 heteroatoms. The molecule has 1 amide bonds. The van der Waals surface area contributed by atoms with Crippen molar-refractivity contribution in [3.8, 4) is 5.75 Å². The SMILES string of the molecule is CCc1ccc(C(=O)N2CCC3(CC2)CCN(Cc2ccccc2OCC(C)C)C3OC(=O)C(F)(F)F)cc1. The summed E-state index contributed by atoms with van der Waals surface area (Å²) in [5, 5.41) is 0. The van der Waals surface area contributed by atoms with E-state index >= 15 is 0 Å². The maximum Gasteiger partial charge on any atom is 0.490 e. The first-order valence-corrected chi connectivity index (χ1v) is 13.6. The van der Waals surface area contributed by atoms with Gasteiger partial charge in [-0.15, -0.1) is 0 Å². The highest BCUT2D eigenvalue weighted by Gasteiger charge is 2.54. The molecule has 4 rings (SSSR count). The van der Waals surface area contributed by atoms with E-state index in [0.717, 1.165) is 17.5 Å². The van der Waals surface area contributed by atoms with E-state index in [1.807, 2.05) is 74.2 Å². The highest BCUT2D eigenvalue weighted by atomic mass is 19.4. The van der Waals surface area contributed by atoms with Crippen LogP contribution in [0.3, 0.4) is 0 Å². The van der Waals surface area contributed by atoms with Crippen molar-refractivity contribution in [1.82, 2.24) is 9.80 Å². The Balaban J connectivity index is 1.51. The second-order valence-electron chi connectivity index (χ2n) is 11.0. The van der Waals surface area contributed by atoms with E-state index in [4.69, 9.17) is 9.47 Å². The smallest absolute Gasteiger partial charge is 0.490 e. The third kappa shape index (κ3) is 6.75. The summed E-state index contributed by atoms with van der Waals surface area (Å²) >= 11 is 0. The molecule has 2 aromatic carbocycles. The molecule has 0 saturated carbocycles. The summed E-state index contributed by atoms with van der Waals surface area (Å²) in [6.07, 6.45) is -3.79. The molecule has 0 N–H and O–H groups in total. The number of carbonyl (C=O) groups excluding carboxylic acids is 2. The van der Waals surface area contributed by atoms with Gasteiger partial charge in [0.05, 0.1) is 6.61 Å². The minimum Gasteiger partial charge on any atom is -0.493 e. The van der Waals surface area contributed by atoms with E-state index in [9.17, 15) is 22.8 Å². The van der Waals surface area contributed by atoms with Crippen molar-refractivity contribution < 1.29 is 32.2 Å². The molecule has 2 aliphatic rings. The number of amides is 1. The third-order valence-electron chi connectivity index (χ3n) is 7.78. The summed E-state index contributed by atoms with van der Waals surface area (Å²) in [4.78, 5) is 28.7. The van der Waals surface area contributed by atoms with Crippen molar-refractivity contribution in [3.05, 3.63) is 65.2 Å². The van der Waals surface area contributed by atoms with Gasteiger partial charge in [0, 0.05) is 42.7 Å². The van der Waals surface area contributed by atoms with Crippen LogP contribution in [0.25, 0.3) is 0 Å². The van der Waals surface area contributed by atoms with E-state index in [2.05, 4.69) is 0 Å². The second kappa shape index (κ2) is 12.0. The number of nitrogens with zero attached hydrogens (tertiary/aromatic N) is 2. The van der Waals surface area contributed by atoms with Gasteiger partial charge in [0.1, 0.15) is 5.75 Å². The molecule has 0 aliphatic carbocycles. The Hall–Kier alpha value is -3.07. The average Bonchev–Trinajstić information content (AvgIpc) is 3.23. The van der Waals surface area contributed by atoms with Crippen LogP contribution < -0.4 is 4.74 Å². The highest BCUT2D eigenvalue weighted by Crippen LogP contribution is 2.47. The molecule has 1 spiro atoms. The van der Waals surface area contributed by atoms with Gasteiger partial charge in [0.25, 0.3) is 5.91 Å². The monoisotopic (exact) mass is 546 g/mol. The van der Waals surface area contributed by atoms with Crippen LogP contribution in [0.1, 0.15) is 61.5 Å². The van der Waals surface area contributed by atoms with E-state index in [0.29, 0.717) is 62.7 Å². The van der Waals surface area contributed by atoms with E-state index in [-0.39, 0.29) is 12.5 Å². The normalized spacial score (nSPS) is 19.5. The maximum absolute atomic E-state index is 13.3. The Morgan fingerprint density at radius 1 is 1.00 bits per heavy atom. The average molecular weight is 547 g/mol. The number of esters is 1. The maximum atomic E-state index is 13.3. The van der Waals surface area contributed by atoms with Crippen LogP contribution >= 0.6 is 0 Å². The van der Waals surface area contributed by atoms with Gasteiger partial charge in [0.2, 0.25) is 0 Å². The molecule has 0 bridgehead atoms. The molecule has 2 fully saturated rings. The molecule has 6 nitrogen and oxygen atoms in total. The van der Waals surface area contributed by atoms with Crippen LogP contribution in [-0.4, -0.2) is 60.3 Å². The van der Waals surface area contributed by atoms with Crippen molar-refractivity contribution in [2.75, 3.05) is 26.2 Å². The summed E-state index contributed by atoms with van der Waals surface area (Å²) in [6.45, 7) is 8.17. The molecule has 2 aromatic rings. The zero-order valence-electron chi connectivity index (χ0n) is 22.8. The number of benzene rings is 2. The summed E-state index contributed by atoms with van der Waals surface area (Å²) < 4.78 is 51.1. The summed E-state index contributed by atoms with van der Waals surface area (Å²) in [6, 6.07) is 14.9. The van der Waals surface area contributed by atoms with Crippen molar-refractivity contribution in [2.24, 2.45) is 11.3 Å². The zero-order chi connectivity index (χ0) is 28.2. The topological polar surface area (TPSA) is 59.1 Å². The van der Waals surface area contributed by atoms with Crippen molar-refractivity contribution in [2.45, 2.75) is 65.4 Å². The number of carbonyl (C=O) groups is 2. The number of rotatable bonds is 8. The first-order chi connectivity index (χ1) is 18.5. The number of hydrogen-bond donors (Lipinski definition) is 0. The van der Waals surface area contributed by atoms with Crippen molar-refractivity contribution in [3.63, 3.8) is 0 Å². The fourth-order valence-corrected chi connectivity index (χ4v) is 5.49. The molecule has 39 heavy (non-hydrogen) atoms. The number of piperidine rings is 1. The Morgan fingerprint density at radius 2 is 1.64 bits per heavy atom. The Labute approximate surface area is 228 Å². The van der Waals surface area contributed by atoms with E-state index < -0.39 is 23.8 Å². The van der Waals surface area contributed by atoms with Crippen LogP contribution in [0.2, 0.25) is 0 Å². The van der Waals surface area contributed by atoms with Crippen LogP contribution in [0, 0.1) is 11.3 Å². The molecule has 2 heterocycles. The van der Waals surface area contributed by atoms with Crippen LogP contribution in [0.5, 0.6) is 5.75 Å². The number of aryl methyl sites for hydroxylation is 1. The molecule has 1 unspecified atom stereocenters. The number of para-hydroxylation sites is 1. The van der Waals surface area contributed by atoms with Crippen LogP contribution in [0.15, 0.2) is 48.5 Å². The summed E-state index contributed by atoms with van der Waals surface area (Å²) in [5.74, 6) is -1.30. The van der Waals surface area contributed by atoms with E-state index in [1.165, 1.54) is 0 Å². The standard InChI is InChI=1S/C30H37F3N2O4/c1-4-22-9-11-23(12-10-22)26(36)34-16-13-29(14-17-34)15-18-35(27(29)39-28(37)30(31,32)33)19-24-7-5-6-8-25(24)38-20-21(2)3/h5-12,21,27H,4,13-20H2,1-3H3. The first kappa shape index (κ1) is 28.9. The molecule has 2 aliphatic heterocycles. The molecule has 1 atom stereocenters. The van der Waals surface area contributed by atoms with Crippen molar-refractivity contribution in [1.29, 1.82) is 0 Å². The zero-order valence-corrected chi connectivity index (χ0v) is 22.8. The van der Waals surface area contributed by atoms with Crippen molar-refractivity contribution >= 4 is 11.9 Å². The van der Waals surface area contributed by atoms with Gasteiger partial charge in [-0.1, -0.05) is 51.1 Å². The quantitative estimate of drug-likeness (QED) is 0.389. The number of likely N-dealkylation sites (tertiary alicyclic amines) is 2. The first-order valence-electron chi connectivity index (χ1n) is 13.6. The molecule has 212 valence electrons. The van der Waals surface area contributed by atoms with Gasteiger partial charge < -0.3 is 14.4 Å². The van der Waals surface area contributed by atoms with Crippen LogP contribution in [0.4, 0.5) is 13.2 Å². The predicted molar refractivity (Wildman–Crippen MR) is 141 cm³/mol. The minimum absolute atomic E-state index is 0.0950. The second-order valence-corrected chi connectivity index (χ2v) is 11.0. The van der Waals surface area contributed by atoms with E-state index in [1.54, 1.807) is 4.90 Å². The van der Waals surface area contributed by atoms with Crippen LogP contribution in [-0.2, 0) is 22.5 Å². The highest BCUT2D eigenvalue weighted by molar-refractivity contribution is 5.94. The lowest BCUT2D eigenvalue weighted by atomic mass is 9.76. The number of hydrogen-bond acceptors (Lipinski definition) is 5. The van der Waals surface area contributed by atoms with Gasteiger partial charge in [-0.25, -0.2) is 4.79 Å². The summed E-state index contributed by atoms with van der Waals surface area (Å²) in [7, 11) is 0. The summed E-state index contributed by atoms with van der Waals surface area (Å²) in [5.41, 5.74) is 1.89.